The Morgan fingerprint density at radius 3 is 2.80 bits per heavy atom. The summed E-state index contributed by atoms with van der Waals surface area (Å²) in [6, 6.07) is 2.85. The van der Waals surface area contributed by atoms with E-state index < -0.39 is 5.97 Å². The van der Waals surface area contributed by atoms with E-state index in [1.165, 1.54) is 18.3 Å². The molecule has 1 N–H and O–H groups in total. The maximum absolute atomic E-state index is 10.3. The first-order valence-corrected chi connectivity index (χ1v) is 2.71. The molecular formula is C7H6NO2. The Morgan fingerprint density at radius 1 is 1.70 bits per heavy atom. The zero-order valence-corrected chi connectivity index (χ0v) is 5.24. The Hall–Kier alpha value is -1.38. The lowest BCUT2D eigenvalue weighted by Crippen LogP contribution is -1.96. The van der Waals surface area contributed by atoms with Gasteiger partial charge in [0.25, 0.3) is 0 Å². The van der Waals surface area contributed by atoms with Crippen LogP contribution in [-0.4, -0.2) is 16.1 Å². The predicted molar refractivity (Wildman–Crippen MR) is 35.7 cm³/mol. The van der Waals surface area contributed by atoms with Crippen molar-refractivity contribution in [2.24, 2.45) is 0 Å². The molecule has 1 aromatic heterocycles. The van der Waals surface area contributed by atoms with Gasteiger partial charge in [0.1, 0.15) is 0 Å². The highest BCUT2D eigenvalue weighted by Crippen LogP contribution is 1.99. The molecule has 0 bridgehead atoms. The summed E-state index contributed by atoms with van der Waals surface area (Å²) in [5.74, 6) is -0.952. The Kier molecular flexibility index (Phi) is 1.67. The molecule has 0 saturated heterocycles. The van der Waals surface area contributed by atoms with E-state index in [4.69, 9.17) is 5.11 Å². The molecule has 10 heavy (non-hydrogen) atoms. The maximum atomic E-state index is 10.3. The highest BCUT2D eigenvalue weighted by Gasteiger charge is 2.00. The molecule has 0 aromatic carbocycles. The van der Waals surface area contributed by atoms with Gasteiger partial charge in [0.15, 0.2) is 0 Å². The second kappa shape index (κ2) is 2.47. The minimum Gasteiger partial charge on any atom is -0.478 e. The Morgan fingerprint density at radius 2 is 2.40 bits per heavy atom. The van der Waals surface area contributed by atoms with Gasteiger partial charge < -0.3 is 5.11 Å². The van der Waals surface area contributed by atoms with Crippen molar-refractivity contribution in [1.82, 2.24) is 4.98 Å². The Bertz CT molecular complexity index is 258. The molecule has 1 radical (unpaired) electrons. The van der Waals surface area contributed by atoms with Crippen molar-refractivity contribution in [3.8, 4) is 0 Å². The number of carboxylic acid groups (broad SMARTS) is 1. The van der Waals surface area contributed by atoms with Crippen molar-refractivity contribution in [1.29, 1.82) is 0 Å². The average Bonchev–Trinajstić information content (AvgIpc) is 1.88. The first-order chi connectivity index (χ1) is 4.70. The minimum atomic E-state index is -0.952. The molecule has 3 nitrogen and oxygen atoms in total. The van der Waals surface area contributed by atoms with Crippen LogP contribution in [0, 0.1) is 6.92 Å². The fraction of sp³-hybridized carbons (Fsp3) is 0. The molecule has 1 heterocycles. The average molecular weight is 136 g/mol. The second-order valence-corrected chi connectivity index (χ2v) is 1.84. The van der Waals surface area contributed by atoms with Crippen LogP contribution in [0.2, 0.25) is 0 Å². The van der Waals surface area contributed by atoms with E-state index in [-0.39, 0.29) is 5.56 Å². The molecule has 0 saturated carbocycles. The second-order valence-electron chi connectivity index (χ2n) is 1.84. The summed E-state index contributed by atoms with van der Waals surface area (Å²) in [6.45, 7) is 3.49. The highest BCUT2D eigenvalue weighted by molar-refractivity contribution is 5.87. The van der Waals surface area contributed by atoms with Gasteiger partial charge in [0.05, 0.1) is 5.56 Å². The summed E-state index contributed by atoms with van der Waals surface area (Å²) >= 11 is 0. The molecule has 1 aromatic rings. The summed E-state index contributed by atoms with van der Waals surface area (Å²) in [5, 5.41) is 8.45. The number of hydrogen-bond acceptors (Lipinski definition) is 2. The normalized spacial score (nSPS) is 9.30. The first kappa shape index (κ1) is 6.74. The number of aromatic nitrogens is 1. The van der Waals surface area contributed by atoms with E-state index in [0.29, 0.717) is 5.69 Å². The summed E-state index contributed by atoms with van der Waals surface area (Å²) in [5.41, 5.74) is 0.694. The third-order valence-electron chi connectivity index (χ3n) is 1.06. The number of aromatic carboxylic acids is 1. The third kappa shape index (κ3) is 1.31. The predicted octanol–water partition coefficient (Wildman–Crippen LogP) is 0.962. The van der Waals surface area contributed by atoms with Gasteiger partial charge in [-0.05, 0) is 19.1 Å². The SMILES string of the molecule is [CH2]c1cc(C(=O)O)ccn1. The van der Waals surface area contributed by atoms with Crippen LogP contribution < -0.4 is 0 Å². The van der Waals surface area contributed by atoms with Crippen LogP contribution in [0.25, 0.3) is 0 Å². The van der Waals surface area contributed by atoms with Gasteiger partial charge >= 0.3 is 5.97 Å². The number of nitrogens with zero attached hydrogens (tertiary/aromatic N) is 1. The van der Waals surface area contributed by atoms with Crippen molar-refractivity contribution in [3.63, 3.8) is 0 Å². The molecule has 0 aliphatic heterocycles. The molecule has 0 aliphatic rings. The molecule has 0 unspecified atom stereocenters. The largest absolute Gasteiger partial charge is 0.478 e. The van der Waals surface area contributed by atoms with Crippen molar-refractivity contribution in [3.05, 3.63) is 36.5 Å². The standard InChI is InChI=1S/C7H6NO2/c1-5-4-6(7(9)10)2-3-8-5/h2-4H,1H2,(H,9,10). The summed E-state index contributed by atoms with van der Waals surface area (Å²) in [4.78, 5) is 14.0. The van der Waals surface area contributed by atoms with Crippen LogP contribution >= 0.6 is 0 Å². The fourth-order valence-corrected chi connectivity index (χ4v) is 0.611. The fourth-order valence-electron chi connectivity index (χ4n) is 0.611. The van der Waals surface area contributed by atoms with Crippen LogP contribution in [0.5, 0.6) is 0 Å². The van der Waals surface area contributed by atoms with Crippen molar-refractivity contribution >= 4 is 5.97 Å². The summed E-state index contributed by atoms with van der Waals surface area (Å²) in [6.07, 6.45) is 1.42. The van der Waals surface area contributed by atoms with Crippen LogP contribution in [-0.2, 0) is 0 Å². The lowest BCUT2D eigenvalue weighted by atomic mass is 10.2. The van der Waals surface area contributed by atoms with E-state index in [0.717, 1.165) is 0 Å². The van der Waals surface area contributed by atoms with E-state index in [2.05, 4.69) is 11.9 Å². The van der Waals surface area contributed by atoms with Crippen LogP contribution in [0.4, 0.5) is 0 Å². The molecule has 0 spiro atoms. The molecule has 0 fully saturated rings. The van der Waals surface area contributed by atoms with Gasteiger partial charge in [-0.25, -0.2) is 4.79 Å². The molecular weight excluding hydrogens is 130 g/mol. The maximum Gasteiger partial charge on any atom is 0.335 e. The molecule has 0 atom stereocenters. The number of hydrogen-bond donors (Lipinski definition) is 1. The number of pyridine rings is 1. The van der Waals surface area contributed by atoms with Crippen molar-refractivity contribution in [2.45, 2.75) is 0 Å². The monoisotopic (exact) mass is 136 g/mol. The van der Waals surface area contributed by atoms with E-state index in [1.807, 2.05) is 0 Å². The Labute approximate surface area is 58.3 Å². The quantitative estimate of drug-likeness (QED) is 0.625. The van der Waals surface area contributed by atoms with Gasteiger partial charge in [-0.1, -0.05) is 0 Å². The van der Waals surface area contributed by atoms with E-state index in [9.17, 15) is 4.79 Å². The van der Waals surface area contributed by atoms with Crippen molar-refractivity contribution in [2.75, 3.05) is 0 Å². The molecule has 51 valence electrons. The van der Waals surface area contributed by atoms with Crippen LogP contribution in [0.15, 0.2) is 18.3 Å². The lowest BCUT2D eigenvalue weighted by molar-refractivity contribution is 0.0696. The topological polar surface area (TPSA) is 50.2 Å². The summed E-state index contributed by atoms with van der Waals surface area (Å²) in [7, 11) is 0. The van der Waals surface area contributed by atoms with Gasteiger partial charge in [0.2, 0.25) is 0 Å². The van der Waals surface area contributed by atoms with Gasteiger partial charge in [-0.3, -0.25) is 4.98 Å². The highest BCUT2D eigenvalue weighted by atomic mass is 16.4. The number of rotatable bonds is 1. The number of carbonyl (C=O) groups is 1. The van der Waals surface area contributed by atoms with E-state index in [1.54, 1.807) is 0 Å². The minimum absolute atomic E-state index is 0.222. The smallest absolute Gasteiger partial charge is 0.335 e. The molecule has 3 heteroatoms. The lowest BCUT2D eigenvalue weighted by Gasteiger charge is -1.92. The van der Waals surface area contributed by atoms with Crippen LogP contribution in [0.1, 0.15) is 16.1 Å². The third-order valence-corrected chi connectivity index (χ3v) is 1.06. The molecule has 1 rings (SSSR count). The summed E-state index contributed by atoms with van der Waals surface area (Å²) < 4.78 is 0. The molecule has 0 amide bonds. The van der Waals surface area contributed by atoms with Crippen LogP contribution in [0.3, 0.4) is 0 Å². The van der Waals surface area contributed by atoms with Gasteiger partial charge in [-0.2, -0.15) is 0 Å². The van der Waals surface area contributed by atoms with Crippen molar-refractivity contribution < 1.29 is 9.90 Å². The van der Waals surface area contributed by atoms with Gasteiger partial charge in [0, 0.05) is 11.9 Å². The Balaban J connectivity index is 3.07. The van der Waals surface area contributed by atoms with Gasteiger partial charge in [-0.15, -0.1) is 0 Å². The first-order valence-electron chi connectivity index (χ1n) is 2.71. The van der Waals surface area contributed by atoms with E-state index >= 15 is 0 Å². The zero-order chi connectivity index (χ0) is 7.56. The zero-order valence-electron chi connectivity index (χ0n) is 5.24. The molecule has 0 aliphatic carbocycles. The number of carboxylic acids is 1.